The van der Waals surface area contributed by atoms with E-state index in [1.54, 1.807) is 28.7 Å². The lowest BCUT2D eigenvalue weighted by atomic mass is 9.92. The van der Waals surface area contributed by atoms with Crippen LogP contribution in [0.4, 0.5) is 10.0 Å². The van der Waals surface area contributed by atoms with Crippen LogP contribution in [0.5, 0.6) is 0 Å². The molecule has 9 nitrogen and oxygen atoms in total. The Morgan fingerprint density at radius 2 is 1.34 bits per heavy atom. The average molecular weight is 686 g/mol. The first kappa shape index (κ1) is 36.8. The minimum atomic E-state index is -0.247. The van der Waals surface area contributed by atoms with Crippen molar-refractivity contribution in [2.45, 2.75) is 85.7 Å². The summed E-state index contributed by atoms with van der Waals surface area (Å²) >= 11 is 3.26. The summed E-state index contributed by atoms with van der Waals surface area (Å²) in [6.07, 6.45) is 6.63. The molecule has 1 N–H and O–H groups in total. The Balaban J connectivity index is 0.000000229. The molecule has 1 amide bonds. The van der Waals surface area contributed by atoms with Crippen molar-refractivity contribution < 1.29 is 28.6 Å². The highest BCUT2D eigenvalue weighted by Gasteiger charge is 2.27. The molecule has 258 valence electrons. The number of hydrogen-bond donors (Lipinski definition) is 1. The highest BCUT2D eigenvalue weighted by atomic mass is 32.1. The van der Waals surface area contributed by atoms with E-state index in [1.807, 2.05) is 38.5 Å². The zero-order chi connectivity index (χ0) is 34.1. The van der Waals surface area contributed by atoms with E-state index >= 15 is 0 Å². The SMILES string of the molecule is CCN(c1scc(C(=O)NCC2=C(C)CC(C)=CC2=O)c1C)C1CCOCC1.CCN(c1scc(C(=O)OC)c1C)C1CCOCC1. The maximum absolute atomic E-state index is 12.8. The Labute approximate surface area is 287 Å². The summed E-state index contributed by atoms with van der Waals surface area (Å²) in [6.45, 7) is 17.7. The first-order chi connectivity index (χ1) is 22.6. The first-order valence-electron chi connectivity index (χ1n) is 16.7. The maximum atomic E-state index is 12.8. The van der Waals surface area contributed by atoms with E-state index < -0.39 is 0 Å². The normalized spacial score (nSPS) is 17.5. The number of carbonyl (C=O) groups excluding carboxylic acids is 3. The molecule has 2 aromatic heterocycles. The van der Waals surface area contributed by atoms with E-state index in [2.05, 4.69) is 29.0 Å². The Kier molecular flexibility index (Phi) is 13.7. The lowest BCUT2D eigenvalue weighted by molar-refractivity contribution is -0.111. The quantitative estimate of drug-likeness (QED) is 0.271. The minimum absolute atomic E-state index is 0.0148. The van der Waals surface area contributed by atoms with E-state index in [-0.39, 0.29) is 24.2 Å². The second-order valence-electron chi connectivity index (χ2n) is 12.4. The van der Waals surface area contributed by atoms with Crippen molar-refractivity contribution in [3.8, 4) is 0 Å². The van der Waals surface area contributed by atoms with Gasteiger partial charge in [-0.15, -0.1) is 22.7 Å². The molecule has 2 aliphatic heterocycles. The number of carbonyl (C=O) groups is 3. The molecule has 0 saturated carbocycles. The van der Waals surface area contributed by atoms with Gasteiger partial charge in [-0.2, -0.15) is 0 Å². The molecule has 3 aliphatic rings. The van der Waals surface area contributed by atoms with E-state index in [4.69, 9.17) is 14.2 Å². The third-order valence-electron chi connectivity index (χ3n) is 9.30. The van der Waals surface area contributed by atoms with Gasteiger partial charge in [0.25, 0.3) is 5.91 Å². The molecule has 0 atom stereocenters. The van der Waals surface area contributed by atoms with Gasteiger partial charge in [-0.05, 0) is 90.8 Å². The minimum Gasteiger partial charge on any atom is -0.465 e. The van der Waals surface area contributed by atoms with Gasteiger partial charge < -0.3 is 29.3 Å². The van der Waals surface area contributed by atoms with Crippen molar-refractivity contribution in [2.75, 3.05) is 63.0 Å². The van der Waals surface area contributed by atoms with E-state index in [0.717, 1.165) is 93.9 Å². The van der Waals surface area contributed by atoms with Crippen LogP contribution in [0.3, 0.4) is 0 Å². The largest absolute Gasteiger partial charge is 0.465 e. The third-order valence-corrected chi connectivity index (χ3v) is 11.5. The molecule has 0 bridgehead atoms. The van der Waals surface area contributed by atoms with Crippen LogP contribution in [-0.2, 0) is 19.0 Å². The summed E-state index contributed by atoms with van der Waals surface area (Å²) in [5.41, 5.74) is 6.28. The molecule has 47 heavy (non-hydrogen) atoms. The van der Waals surface area contributed by atoms with Gasteiger partial charge in [-0.25, -0.2) is 4.79 Å². The third kappa shape index (κ3) is 8.93. The van der Waals surface area contributed by atoms with Crippen LogP contribution in [0.2, 0.25) is 0 Å². The maximum Gasteiger partial charge on any atom is 0.339 e. The van der Waals surface area contributed by atoms with Gasteiger partial charge in [0.05, 0.1) is 28.2 Å². The van der Waals surface area contributed by atoms with E-state index in [9.17, 15) is 14.4 Å². The average Bonchev–Trinajstić information content (AvgIpc) is 3.64. The van der Waals surface area contributed by atoms with E-state index in [1.165, 1.54) is 17.1 Å². The number of methoxy groups -OCH3 is 1. The van der Waals surface area contributed by atoms with Gasteiger partial charge in [0.2, 0.25) is 0 Å². The van der Waals surface area contributed by atoms with Crippen molar-refractivity contribution in [2.24, 2.45) is 0 Å². The summed E-state index contributed by atoms with van der Waals surface area (Å²) in [4.78, 5) is 41.5. The van der Waals surface area contributed by atoms with Crippen LogP contribution in [0.25, 0.3) is 0 Å². The highest BCUT2D eigenvalue weighted by molar-refractivity contribution is 7.15. The molecule has 0 spiro atoms. The van der Waals surface area contributed by atoms with Crippen molar-refractivity contribution in [1.29, 1.82) is 0 Å². The molecule has 2 saturated heterocycles. The van der Waals surface area contributed by atoms with Gasteiger partial charge in [-0.3, -0.25) is 9.59 Å². The van der Waals surface area contributed by atoms with E-state index in [0.29, 0.717) is 28.8 Å². The predicted octanol–water partition coefficient (Wildman–Crippen LogP) is 6.88. The molecule has 0 aromatic carbocycles. The van der Waals surface area contributed by atoms with Crippen LogP contribution >= 0.6 is 22.7 Å². The summed E-state index contributed by atoms with van der Waals surface area (Å²) in [6, 6.07) is 0.983. The molecule has 2 fully saturated rings. The highest BCUT2D eigenvalue weighted by Crippen LogP contribution is 2.35. The molecular formula is C36H51N3O6S2. The van der Waals surface area contributed by atoms with Crippen LogP contribution < -0.4 is 15.1 Å². The fraction of sp³-hybridized carbons (Fsp3) is 0.583. The molecule has 11 heteroatoms. The fourth-order valence-electron chi connectivity index (χ4n) is 6.64. The van der Waals surface area contributed by atoms with Crippen LogP contribution in [-0.4, -0.2) is 82.9 Å². The molecule has 1 aliphatic carbocycles. The smallest absolute Gasteiger partial charge is 0.339 e. The number of hydrogen-bond acceptors (Lipinski definition) is 10. The van der Waals surface area contributed by atoms with Crippen molar-refractivity contribution >= 4 is 50.3 Å². The summed E-state index contributed by atoms with van der Waals surface area (Å²) < 4.78 is 15.7. The number of allylic oxidation sites excluding steroid dienone is 3. The molecule has 0 radical (unpaired) electrons. The van der Waals surface area contributed by atoms with Crippen molar-refractivity contribution in [3.63, 3.8) is 0 Å². The van der Waals surface area contributed by atoms with Gasteiger partial charge >= 0.3 is 5.97 Å². The summed E-state index contributed by atoms with van der Waals surface area (Å²) in [7, 11) is 1.43. The zero-order valence-electron chi connectivity index (χ0n) is 29.0. The standard InChI is InChI=1S/C22H30N2O3S.C14H21NO3S/c1-5-24(17-6-8-27-9-7-17)22-16(4)19(13-28-22)21(26)23-12-18-15(3)10-14(2)11-20(18)25;1-4-15(11-5-7-18-8-6-11)13-10(2)12(9-19-13)14(16)17-3/h11,13,17H,5-10,12H2,1-4H3,(H,23,26);9,11H,4-8H2,1-3H3. The molecule has 0 unspecified atom stereocenters. The Hall–Kier alpha value is -2.99. The lowest BCUT2D eigenvalue weighted by Gasteiger charge is -2.34. The molecule has 4 heterocycles. The Morgan fingerprint density at radius 3 is 1.81 bits per heavy atom. The number of amides is 1. The Morgan fingerprint density at radius 1 is 0.851 bits per heavy atom. The number of ketones is 1. The Bertz CT molecular complexity index is 1460. The number of nitrogens with one attached hydrogen (secondary N) is 1. The van der Waals surface area contributed by atoms with Gasteiger partial charge in [-0.1, -0.05) is 11.1 Å². The number of thiophene rings is 2. The van der Waals surface area contributed by atoms with Crippen molar-refractivity contribution in [3.05, 3.63) is 55.8 Å². The first-order valence-corrected chi connectivity index (χ1v) is 18.5. The lowest BCUT2D eigenvalue weighted by Crippen LogP contribution is -2.39. The predicted molar refractivity (Wildman–Crippen MR) is 192 cm³/mol. The molecular weight excluding hydrogens is 635 g/mol. The molecule has 5 rings (SSSR count). The van der Waals surface area contributed by atoms with Crippen LogP contribution in [0.1, 0.15) is 91.6 Å². The summed E-state index contributed by atoms with van der Waals surface area (Å²) in [5, 5.41) is 9.16. The van der Waals surface area contributed by atoms with Crippen LogP contribution in [0.15, 0.2) is 33.6 Å². The number of anilines is 2. The zero-order valence-corrected chi connectivity index (χ0v) is 30.7. The second-order valence-corrected chi connectivity index (χ2v) is 14.1. The number of nitrogens with zero attached hydrogens (tertiary/aromatic N) is 2. The number of esters is 1. The van der Waals surface area contributed by atoms with Gasteiger partial charge in [0.15, 0.2) is 5.78 Å². The van der Waals surface area contributed by atoms with Gasteiger partial charge in [0.1, 0.15) is 0 Å². The fourth-order valence-corrected chi connectivity index (χ4v) is 9.06. The topological polar surface area (TPSA) is 97.4 Å². The monoisotopic (exact) mass is 685 g/mol. The molecule has 2 aromatic rings. The van der Waals surface area contributed by atoms with Crippen LogP contribution in [0, 0.1) is 13.8 Å². The number of ether oxygens (including phenoxy) is 3. The second kappa shape index (κ2) is 17.4. The van der Waals surface area contributed by atoms with Gasteiger partial charge in [0, 0.05) is 74.5 Å². The summed E-state index contributed by atoms with van der Waals surface area (Å²) in [5.74, 6) is -0.341. The van der Waals surface area contributed by atoms with Crippen molar-refractivity contribution in [1.82, 2.24) is 5.32 Å². The number of rotatable bonds is 10.